The van der Waals surface area contributed by atoms with Crippen molar-refractivity contribution in [3.63, 3.8) is 0 Å². The van der Waals surface area contributed by atoms with Gasteiger partial charge in [0.2, 0.25) is 0 Å². The Labute approximate surface area is 156 Å². The highest BCUT2D eigenvalue weighted by Gasteiger charge is 2.29. The molecule has 0 aliphatic heterocycles. The zero-order valence-electron chi connectivity index (χ0n) is 15.0. The maximum atomic E-state index is 12.6. The predicted octanol–water partition coefficient (Wildman–Crippen LogP) is 5.56. The zero-order chi connectivity index (χ0) is 19.4. The molecule has 2 nitrogen and oxygen atoms in total. The van der Waals surface area contributed by atoms with Gasteiger partial charge in [-0.15, -0.1) is 0 Å². The van der Waals surface area contributed by atoms with E-state index in [0.717, 1.165) is 28.5 Å². The fourth-order valence-corrected chi connectivity index (χ4v) is 2.99. The van der Waals surface area contributed by atoms with Gasteiger partial charge in [0, 0.05) is 25.1 Å². The summed E-state index contributed by atoms with van der Waals surface area (Å²) in [6, 6.07) is 18.7. The Bertz CT molecular complexity index is 932. The molecular weight excluding hydrogens is 351 g/mol. The Morgan fingerprint density at radius 3 is 2.26 bits per heavy atom. The highest BCUT2D eigenvalue weighted by Crippen LogP contribution is 2.29. The summed E-state index contributed by atoms with van der Waals surface area (Å²) in [6.07, 6.45) is -3.97. The number of alkyl halides is 3. The minimum atomic E-state index is -4.32. The van der Waals surface area contributed by atoms with E-state index in [-0.39, 0.29) is 5.78 Å². The van der Waals surface area contributed by atoms with Gasteiger partial charge < -0.3 is 4.90 Å². The molecule has 0 atom stereocenters. The third kappa shape index (κ3) is 4.95. The molecular formula is C22H20F3NO. The van der Waals surface area contributed by atoms with E-state index in [2.05, 4.69) is 0 Å². The maximum absolute atomic E-state index is 12.6. The van der Waals surface area contributed by atoms with Crippen LogP contribution in [0.4, 0.5) is 13.2 Å². The van der Waals surface area contributed by atoms with Gasteiger partial charge in [0.05, 0.1) is 5.56 Å². The van der Waals surface area contributed by atoms with Crippen molar-refractivity contribution >= 4 is 16.6 Å². The first-order valence-corrected chi connectivity index (χ1v) is 8.69. The van der Waals surface area contributed by atoms with Crippen molar-refractivity contribution in [2.24, 2.45) is 0 Å². The molecule has 0 saturated carbocycles. The van der Waals surface area contributed by atoms with Crippen molar-refractivity contribution in [2.75, 3.05) is 13.6 Å². The molecule has 0 bridgehead atoms. The van der Waals surface area contributed by atoms with E-state index < -0.39 is 11.7 Å². The fraction of sp³-hybridized carbons (Fsp3) is 0.227. The van der Waals surface area contributed by atoms with Gasteiger partial charge in [-0.3, -0.25) is 4.79 Å². The molecule has 3 aromatic carbocycles. The van der Waals surface area contributed by atoms with Crippen LogP contribution >= 0.6 is 0 Å². The van der Waals surface area contributed by atoms with Crippen LogP contribution in [-0.4, -0.2) is 24.3 Å². The summed E-state index contributed by atoms with van der Waals surface area (Å²) in [6.45, 7) is 1.02. The van der Waals surface area contributed by atoms with Crippen LogP contribution in [0.3, 0.4) is 0 Å². The Balaban J connectivity index is 1.56. The van der Waals surface area contributed by atoms with Crippen molar-refractivity contribution in [3.8, 4) is 0 Å². The molecule has 0 aliphatic rings. The summed E-state index contributed by atoms with van der Waals surface area (Å²) in [7, 11) is 1.85. The number of Topliss-reactive ketones (excluding diaryl/α,β-unsaturated/α-hetero) is 1. The quantitative estimate of drug-likeness (QED) is 0.529. The second-order valence-electron chi connectivity index (χ2n) is 6.67. The first kappa shape index (κ1) is 19.1. The largest absolute Gasteiger partial charge is 0.416 e. The monoisotopic (exact) mass is 371 g/mol. The lowest BCUT2D eigenvalue weighted by atomic mass is 10.0. The summed E-state index contributed by atoms with van der Waals surface area (Å²) in [4.78, 5) is 14.4. The summed E-state index contributed by atoms with van der Waals surface area (Å²) >= 11 is 0. The highest BCUT2D eigenvalue weighted by atomic mass is 19.4. The normalized spacial score (nSPS) is 11.9. The number of halogens is 3. The molecule has 140 valence electrons. The molecule has 27 heavy (non-hydrogen) atoms. The summed E-state index contributed by atoms with van der Waals surface area (Å²) in [5.41, 5.74) is 0.806. The van der Waals surface area contributed by atoms with Gasteiger partial charge in [-0.05, 0) is 41.6 Å². The second-order valence-corrected chi connectivity index (χ2v) is 6.67. The third-order valence-corrected chi connectivity index (χ3v) is 4.53. The molecule has 0 fully saturated rings. The Kier molecular flexibility index (Phi) is 5.61. The van der Waals surface area contributed by atoms with Crippen LogP contribution in [0.1, 0.15) is 27.9 Å². The number of fused-ring (bicyclic) bond motifs is 1. The van der Waals surface area contributed by atoms with Gasteiger partial charge in [-0.1, -0.05) is 48.5 Å². The second kappa shape index (κ2) is 7.92. The van der Waals surface area contributed by atoms with E-state index in [0.29, 0.717) is 25.1 Å². The molecule has 0 radical (unpaired) electrons. The minimum absolute atomic E-state index is 0.0556. The molecule has 0 unspecified atom stereocenters. The van der Waals surface area contributed by atoms with Gasteiger partial charge in [-0.25, -0.2) is 0 Å². The van der Waals surface area contributed by atoms with Crippen LogP contribution in [0.15, 0.2) is 66.7 Å². The van der Waals surface area contributed by atoms with Crippen LogP contribution in [-0.2, 0) is 12.7 Å². The average molecular weight is 371 g/mol. The molecule has 5 heteroatoms. The van der Waals surface area contributed by atoms with Crippen LogP contribution in [0, 0.1) is 0 Å². The van der Waals surface area contributed by atoms with E-state index >= 15 is 0 Å². The summed E-state index contributed by atoms with van der Waals surface area (Å²) in [5.74, 6) is 0.0556. The number of benzene rings is 3. The maximum Gasteiger partial charge on any atom is 0.416 e. The SMILES string of the molecule is CN(CCC(=O)c1ccc2ccccc2c1)Cc1ccc(C(F)(F)F)cc1. The molecule has 0 spiro atoms. The number of ketones is 1. The van der Waals surface area contributed by atoms with Crippen LogP contribution in [0.2, 0.25) is 0 Å². The standard InChI is InChI=1S/C22H20F3NO/c1-26(15-16-6-10-20(11-7-16)22(23,24)25)13-12-21(27)19-9-8-17-4-2-3-5-18(17)14-19/h2-11,14H,12-13,15H2,1H3. The molecule has 0 N–H and O–H groups in total. The first-order chi connectivity index (χ1) is 12.8. The van der Waals surface area contributed by atoms with E-state index in [1.807, 2.05) is 54.4 Å². The van der Waals surface area contributed by atoms with Gasteiger partial charge in [0.25, 0.3) is 0 Å². The smallest absolute Gasteiger partial charge is 0.302 e. The number of rotatable bonds is 6. The average Bonchev–Trinajstić information content (AvgIpc) is 2.65. The number of carbonyl (C=O) groups excluding carboxylic acids is 1. The van der Waals surface area contributed by atoms with E-state index in [1.165, 1.54) is 12.1 Å². The lowest BCUT2D eigenvalue weighted by Gasteiger charge is -2.17. The number of hydrogen-bond donors (Lipinski definition) is 0. The lowest BCUT2D eigenvalue weighted by Crippen LogP contribution is -2.21. The molecule has 0 saturated heterocycles. The number of carbonyl (C=O) groups is 1. The molecule has 0 heterocycles. The Morgan fingerprint density at radius 2 is 1.59 bits per heavy atom. The van der Waals surface area contributed by atoms with Crippen LogP contribution in [0.25, 0.3) is 10.8 Å². The van der Waals surface area contributed by atoms with E-state index in [4.69, 9.17) is 0 Å². The van der Waals surface area contributed by atoms with Crippen LogP contribution < -0.4 is 0 Å². The first-order valence-electron chi connectivity index (χ1n) is 8.69. The van der Waals surface area contributed by atoms with E-state index in [1.54, 1.807) is 0 Å². The molecule has 3 aromatic rings. The Hall–Kier alpha value is -2.66. The highest BCUT2D eigenvalue weighted by molar-refractivity contribution is 6.00. The number of nitrogens with zero attached hydrogens (tertiary/aromatic N) is 1. The van der Waals surface area contributed by atoms with E-state index in [9.17, 15) is 18.0 Å². The molecule has 0 amide bonds. The van der Waals surface area contributed by atoms with Crippen molar-refractivity contribution in [2.45, 2.75) is 19.1 Å². The summed E-state index contributed by atoms with van der Waals surface area (Å²) in [5, 5.41) is 2.12. The van der Waals surface area contributed by atoms with Crippen LogP contribution in [0.5, 0.6) is 0 Å². The Morgan fingerprint density at radius 1 is 0.926 bits per heavy atom. The summed E-state index contributed by atoms with van der Waals surface area (Å²) < 4.78 is 37.8. The van der Waals surface area contributed by atoms with Gasteiger partial charge in [0.1, 0.15) is 0 Å². The van der Waals surface area contributed by atoms with Gasteiger partial charge >= 0.3 is 6.18 Å². The number of hydrogen-bond acceptors (Lipinski definition) is 2. The van der Waals surface area contributed by atoms with Crippen molar-refractivity contribution < 1.29 is 18.0 Å². The van der Waals surface area contributed by atoms with Crippen molar-refractivity contribution in [1.29, 1.82) is 0 Å². The predicted molar refractivity (Wildman–Crippen MR) is 101 cm³/mol. The van der Waals surface area contributed by atoms with Crippen molar-refractivity contribution in [3.05, 3.63) is 83.4 Å². The van der Waals surface area contributed by atoms with Gasteiger partial charge in [-0.2, -0.15) is 13.2 Å². The zero-order valence-corrected chi connectivity index (χ0v) is 15.0. The fourth-order valence-electron chi connectivity index (χ4n) is 2.99. The topological polar surface area (TPSA) is 20.3 Å². The third-order valence-electron chi connectivity index (χ3n) is 4.53. The molecule has 0 aromatic heterocycles. The van der Waals surface area contributed by atoms with Gasteiger partial charge in [0.15, 0.2) is 5.78 Å². The molecule has 0 aliphatic carbocycles. The molecule has 3 rings (SSSR count). The lowest BCUT2D eigenvalue weighted by molar-refractivity contribution is -0.137. The van der Waals surface area contributed by atoms with Crippen molar-refractivity contribution in [1.82, 2.24) is 4.90 Å². The minimum Gasteiger partial charge on any atom is -0.302 e.